The molecular formula is C18H19N3O2. The maximum atomic E-state index is 5.49. The van der Waals surface area contributed by atoms with Crippen LogP contribution < -0.4 is 14.4 Å². The fourth-order valence-electron chi connectivity index (χ4n) is 2.97. The van der Waals surface area contributed by atoms with E-state index in [-0.39, 0.29) is 6.79 Å². The van der Waals surface area contributed by atoms with E-state index in [0.29, 0.717) is 6.54 Å². The van der Waals surface area contributed by atoms with Crippen LogP contribution in [0.1, 0.15) is 24.0 Å². The largest absolute Gasteiger partial charge is 0.454 e. The molecule has 2 aliphatic heterocycles. The van der Waals surface area contributed by atoms with Gasteiger partial charge in [-0.15, -0.1) is 0 Å². The van der Waals surface area contributed by atoms with Crippen LogP contribution in [0.3, 0.4) is 0 Å². The molecule has 2 aromatic rings. The lowest BCUT2D eigenvalue weighted by atomic mass is 10.2. The van der Waals surface area contributed by atoms with Gasteiger partial charge in [-0.05, 0) is 31.0 Å². The molecule has 0 amide bonds. The Bertz CT molecular complexity index is 707. The van der Waals surface area contributed by atoms with Crippen LogP contribution in [0.2, 0.25) is 0 Å². The molecule has 5 heteroatoms. The number of aliphatic imine (C=N–C) groups is 1. The molecule has 5 nitrogen and oxygen atoms in total. The SMILES string of the molecule is C(=NCc1cccc2c1OCO2)c1ccc(N2CCCC2)nc1. The topological polar surface area (TPSA) is 47.0 Å². The van der Waals surface area contributed by atoms with E-state index in [1.54, 1.807) is 0 Å². The summed E-state index contributed by atoms with van der Waals surface area (Å²) in [5.41, 5.74) is 2.05. The van der Waals surface area contributed by atoms with Gasteiger partial charge in [0.05, 0.1) is 6.54 Å². The van der Waals surface area contributed by atoms with Gasteiger partial charge in [0.1, 0.15) is 5.82 Å². The number of para-hydroxylation sites is 1. The maximum Gasteiger partial charge on any atom is 0.231 e. The van der Waals surface area contributed by atoms with E-state index in [9.17, 15) is 0 Å². The van der Waals surface area contributed by atoms with Crippen molar-refractivity contribution >= 4 is 12.0 Å². The molecule has 0 saturated carbocycles. The first kappa shape index (κ1) is 14.1. The van der Waals surface area contributed by atoms with Gasteiger partial charge in [-0.3, -0.25) is 4.99 Å². The van der Waals surface area contributed by atoms with E-state index in [1.807, 2.05) is 30.6 Å². The quantitative estimate of drug-likeness (QED) is 0.815. The second-order valence-corrected chi connectivity index (χ2v) is 5.76. The zero-order chi connectivity index (χ0) is 15.5. The summed E-state index contributed by atoms with van der Waals surface area (Å²) in [5, 5.41) is 0. The Balaban J connectivity index is 1.42. The van der Waals surface area contributed by atoms with E-state index in [4.69, 9.17) is 9.47 Å². The number of rotatable bonds is 4. The molecule has 1 aromatic carbocycles. The predicted octanol–water partition coefficient (Wildman–Crippen LogP) is 3.03. The molecular weight excluding hydrogens is 290 g/mol. The third kappa shape index (κ3) is 2.99. The molecule has 23 heavy (non-hydrogen) atoms. The van der Waals surface area contributed by atoms with Crippen LogP contribution in [0.5, 0.6) is 11.5 Å². The number of ether oxygens (including phenoxy) is 2. The fourth-order valence-corrected chi connectivity index (χ4v) is 2.97. The molecule has 2 aliphatic rings. The summed E-state index contributed by atoms with van der Waals surface area (Å²) >= 11 is 0. The molecule has 0 atom stereocenters. The van der Waals surface area contributed by atoms with Crippen LogP contribution in [0.25, 0.3) is 0 Å². The monoisotopic (exact) mass is 309 g/mol. The van der Waals surface area contributed by atoms with Crippen LogP contribution >= 0.6 is 0 Å². The average molecular weight is 309 g/mol. The Morgan fingerprint density at radius 1 is 1.13 bits per heavy atom. The summed E-state index contributed by atoms with van der Waals surface area (Å²) < 4.78 is 10.9. The van der Waals surface area contributed by atoms with Crippen molar-refractivity contribution in [1.29, 1.82) is 0 Å². The highest BCUT2D eigenvalue weighted by molar-refractivity contribution is 5.79. The number of pyridine rings is 1. The van der Waals surface area contributed by atoms with Gasteiger partial charge < -0.3 is 14.4 Å². The molecule has 0 unspecified atom stereocenters. The van der Waals surface area contributed by atoms with Gasteiger partial charge in [0.15, 0.2) is 11.5 Å². The lowest BCUT2D eigenvalue weighted by molar-refractivity contribution is 0.173. The van der Waals surface area contributed by atoms with E-state index in [2.05, 4.69) is 27.0 Å². The number of anilines is 1. The average Bonchev–Trinajstić information content (AvgIpc) is 3.27. The third-order valence-corrected chi connectivity index (χ3v) is 4.18. The van der Waals surface area contributed by atoms with Crippen molar-refractivity contribution in [2.45, 2.75) is 19.4 Å². The number of aromatic nitrogens is 1. The second-order valence-electron chi connectivity index (χ2n) is 5.76. The Morgan fingerprint density at radius 3 is 2.87 bits per heavy atom. The van der Waals surface area contributed by atoms with Gasteiger partial charge in [-0.2, -0.15) is 0 Å². The molecule has 0 bridgehead atoms. The smallest absolute Gasteiger partial charge is 0.231 e. The standard InChI is InChI=1S/C18H19N3O2/c1-2-9-21(8-1)17-7-6-14(11-20-17)10-19-12-15-4-3-5-16-18(15)23-13-22-16/h3-7,10-11H,1-2,8-9,12-13H2. The Kier molecular flexibility index (Phi) is 3.84. The summed E-state index contributed by atoms with van der Waals surface area (Å²) in [6.07, 6.45) is 6.26. The van der Waals surface area contributed by atoms with Gasteiger partial charge >= 0.3 is 0 Å². The van der Waals surface area contributed by atoms with Crippen molar-refractivity contribution < 1.29 is 9.47 Å². The van der Waals surface area contributed by atoms with Gasteiger partial charge in [-0.1, -0.05) is 12.1 Å². The normalized spacial score (nSPS) is 16.4. The highest BCUT2D eigenvalue weighted by Crippen LogP contribution is 2.35. The molecule has 1 saturated heterocycles. The lowest BCUT2D eigenvalue weighted by Crippen LogP contribution is -2.18. The lowest BCUT2D eigenvalue weighted by Gasteiger charge is -2.15. The van der Waals surface area contributed by atoms with Gasteiger partial charge in [0.25, 0.3) is 0 Å². The number of benzene rings is 1. The molecule has 1 fully saturated rings. The number of fused-ring (bicyclic) bond motifs is 1. The summed E-state index contributed by atoms with van der Waals surface area (Å²) in [6.45, 7) is 3.08. The van der Waals surface area contributed by atoms with Crippen LogP contribution in [-0.2, 0) is 6.54 Å². The van der Waals surface area contributed by atoms with Crippen molar-refractivity contribution in [2.24, 2.45) is 4.99 Å². The molecule has 4 rings (SSSR count). The van der Waals surface area contributed by atoms with Crippen LogP contribution in [0, 0.1) is 0 Å². The first-order chi connectivity index (χ1) is 11.4. The Hall–Kier alpha value is -2.56. The highest BCUT2D eigenvalue weighted by atomic mass is 16.7. The molecule has 0 aliphatic carbocycles. The van der Waals surface area contributed by atoms with Crippen molar-refractivity contribution in [1.82, 2.24) is 4.98 Å². The van der Waals surface area contributed by atoms with Gasteiger partial charge in [-0.25, -0.2) is 4.98 Å². The van der Waals surface area contributed by atoms with Crippen molar-refractivity contribution in [3.8, 4) is 11.5 Å². The maximum absolute atomic E-state index is 5.49. The molecule has 0 N–H and O–H groups in total. The zero-order valence-corrected chi connectivity index (χ0v) is 12.9. The predicted molar refractivity (Wildman–Crippen MR) is 89.5 cm³/mol. The van der Waals surface area contributed by atoms with E-state index < -0.39 is 0 Å². The Labute approximate surface area is 135 Å². The molecule has 0 radical (unpaired) electrons. The Morgan fingerprint density at radius 2 is 2.04 bits per heavy atom. The van der Waals surface area contributed by atoms with Crippen LogP contribution in [0.4, 0.5) is 5.82 Å². The summed E-state index contributed by atoms with van der Waals surface area (Å²) in [7, 11) is 0. The van der Waals surface area contributed by atoms with Crippen molar-refractivity contribution in [2.75, 3.05) is 24.8 Å². The van der Waals surface area contributed by atoms with Gasteiger partial charge in [0, 0.05) is 36.6 Å². The molecule has 1 aromatic heterocycles. The van der Waals surface area contributed by atoms with Crippen LogP contribution in [-0.4, -0.2) is 31.1 Å². The minimum Gasteiger partial charge on any atom is -0.454 e. The van der Waals surface area contributed by atoms with Crippen LogP contribution in [0.15, 0.2) is 41.5 Å². The van der Waals surface area contributed by atoms with E-state index in [1.165, 1.54) is 12.8 Å². The highest BCUT2D eigenvalue weighted by Gasteiger charge is 2.16. The first-order valence-electron chi connectivity index (χ1n) is 7.98. The minimum absolute atomic E-state index is 0.290. The first-order valence-corrected chi connectivity index (χ1v) is 7.98. The van der Waals surface area contributed by atoms with Gasteiger partial charge in [0.2, 0.25) is 6.79 Å². The van der Waals surface area contributed by atoms with E-state index >= 15 is 0 Å². The zero-order valence-electron chi connectivity index (χ0n) is 12.9. The summed E-state index contributed by atoms with van der Waals surface area (Å²) in [4.78, 5) is 11.4. The summed E-state index contributed by atoms with van der Waals surface area (Å²) in [5.74, 6) is 2.67. The van der Waals surface area contributed by atoms with E-state index in [0.717, 1.165) is 41.5 Å². The van der Waals surface area contributed by atoms with Crippen molar-refractivity contribution in [3.63, 3.8) is 0 Å². The number of hydrogen-bond acceptors (Lipinski definition) is 5. The third-order valence-electron chi connectivity index (χ3n) is 4.18. The molecule has 3 heterocycles. The number of nitrogens with zero attached hydrogens (tertiary/aromatic N) is 3. The van der Waals surface area contributed by atoms with Crippen molar-refractivity contribution in [3.05, 3.63) is 47.7 Å². The summed E-state index contributed by atoms with van der Waals surface area (Å²) in [6, 6.07) is 10.0. The minimum atomic E-state index is 0.290. The number of hydrogen-bond donors (Lipinski definition) is 0. The fraction of sp³-hybridized carbons (Fsp3) is 0.333. The molecule has 0 spiro atoms. The second kappa shape index (κ2) is 6.28. The molecule has 118 valence electrons.